The predicted octanol–water partition coefficient (Wildman–Crippen LogP) is 1.57. The molecule has 1 saturated heterocycles. The fourth-order valence-corrected chi connectivity index (χ4v) is 3.51. The number of nitrogens with zero attached hydrogens (tertiary/aromatic N) is 2. The number of rotatable bonds is 4. The van der Waals surface area contributed by atoms with Crippen molar-refractivity contribution in [3.05, 3.63) is 53.5 Å². The highest BCUT2D eigenvalue weighted by molar-refractivity contribution is 6.06. The van der Waals surface area contributed by atoms with E-state index in [0.29, 0.717) is 31.0 Å². The van der Waals surface area contributed by atoms with Crippen molar-refractivity contribution >= 4 is 29.3 Å². The summed E-state index contributed by atoms with van der Waals surface area (Å²) >= 11 is 0. The Morgan fingerprint density at radius 3 is 2.54 bits per heavy atom. The Morgan fingerprint density at radius 2 is 1.82 bits per heavy atom. The van der Waals surface area contributed by atoms with Crippen LogP contribution in [0.3, 0.4) is 0 Å². The van der Waals surface area contributed by atoms with E-state index < -0.39 is 5.91 Å². The third kappa shape index (κ3) is 3.53. The molecule has 2 aliphatic heterocycles. The normalized spacial score (nSPS) is 16.3. The van der Waals surface area contributed by atoms with Gasteiger partial charge in [-0.3, -0.25) is 24.1 Å². The highest BCUT2D eigenvalue weighted by Gasteiger charge is 2.30. The fourth-order valence-electron chi connectivity index (χ4n) is 3.51. The zero-order valence-electron chi connectivity index (χ0n) is 15.1. The lowest BCUT2D eigenvalue weighted by Crippen LogP contribution is -2.37. The summed E-state index contributed by atoms with van der Waals surface area (Å²) < 4.78 is 5.19. The van der Waals surface area contributed by atoms with Gasteiger partial charge in [-0.15, -0.1) is 0 Å². The van der Waals surface area contributed by atoms with Crippen molar-refractivity contribution in [1.29, 1.82) is 0 Å². The molecule has 0 bridgehead atoms. The van der Waals surface area contributed by atoms with Gasteiger partial charge < -0.3 is 14.6 Å². The molecule has 0 radical (unpaired) electrons. The molecule has 2 aromatic rings. The molecule has 4 rings (SSSR count). The topological polar surface area (TPSA) is 99.9 Å². The van der Waals surface area contributed by atoms with Crippen molar-refractivity contribution in [2.75, 3.05) is 18.4 Å². The zero-order chi connectivity index (χ0) is 19.7. The smallest absolute Gasteiger partial charge is 0.289 e. The summed E-state index contributed by atoms with van der Waals surface area (Å²) in [6.07, 6.45) is 2.50. The van der Waals surface area contributed by atoms with Gasteiger partial charge in [-0.1, -0.05) is 6.07 Å². The van der Waals surface area contributed by atoms with Gasteiger partial charge >= 0.3 is 0 Å². The van der Waals surface area contributed by atoms with Gasteiger partial charge in [-0.2, -0.15) is 0 Å². The Morgan fingerprint density at radius 1 is 1.04 bits per heavy atom. The lowest BCUT2D eigenvalue weighted by molar-refractivity contribution is -0.141. The number of hydrogen-bond acceptors (Lipinski definition) is 5. The minimum atomic E-state index is -0.428. The van der Waals surface area contributed by atoms with Gasteiger partial charge in [-0.25, -0.2) is 0 Å². The van der Waals surface area contributed by atoms with Crippen molar-refractivity contribution in [3.8, 4) is 0 Å². The van der Waals surface area contributed by atoms with E-state index in [9.17, 15) is 19.2 Å². The summed E-state index contributed by atoms with van der Waals surface area (Å²) in [4.78, 5) is 50.7. The number of carbonyl (C=O) groups is 4. The molecule has 0 atom stereocenters. The van der Waals surface area contributed by atoms with Crippen molar-refractivity contribution in [2.24, 2.45) is 0 Å². The van der Waals surface area contributed by atoms with Crippen molar-refractivity contribution < 1.29 is 23.6 Å². The fraction of sp³-hybridized carbons (Fsp3) is 0.300. The summed E-state index contributed by atoms with van der Waals surface area (Å²) in [6, 6.07) is 8.84. The predicted molar refractivity (Wildman–Crippen MR) is 98.2 cm³/mol. The maximum absolute atomic E-state index is 12.5. The molecule has 144 valence electrons. The summed E-state index contributed by atoms with van der Waals surface area (Å²) in [5.41, 5.74) is 2.62. The van der Waals surface area contributed by atoms with Gasteiger partial charge in [0, 0.05) is 31.6 Å². The number of benzene rings is 1. The molecule has 0 saturated carbocycles. The molecule has 2 aliphatic rings. The van der Waals surface area contributed by atoms with Gasteiger partial charge in [-0.05, 0) is 41.8 Å². The van der Waals surface area contributed by atoms with E-state index in [1.54, 1.807) is 23.1 Å². The molecule has 3 heterocycles. The second-order valence-corrected chi connectivity index (χ2v) is 6.86. The Labute approximate surface area is 161 Å². The van der Waals surface area contributed by atoms with Gasteiger partial charge in [0.25, 0.3) is 5.91 Å². The molecule has 0 spiro atoms. The molecule has 28 heavy (non-hydrogen) atoms. The number of amides is 4. The molecule has 4 amide bonds. The number of hydrogen-bond donors (Lipinski definition) is 1. The van der Waals surface area contributed by atoms with Crippen LogP contribution in [0.25, 0.3) is 0 Å². The molecule has 8 nitrogen and oxygen atoms in total. The number of furan rings is 1. The maximum atomic E-state index is 12.5. The number of nitrogens with one attached hydrogen (secondary N) is 1. The first-order chi connectivity index (χ1) is 13.5. The standard InChI is InChI=1S/C20H19N3O5/c24-17(12-23-18(25)5-6-19(23)26)21-15-4-3-13-7-8-22(11-14(13)10-15)20(27)16-2-1-9-28-16/h1-4,9-10H,5-8,11-12H2,(H,21,24). The largest absolute Gasteiger partial charge is 0.459 e. The van der Waals surface area contributed by atoms with Crippen LogP contribution in [0.5, 0.6) is 0 Å². The lowest BCUT2D eigenvalue weighted by atomic mass is 9.99. The molecule has 0 unspecified atom stereocenters. The molecule has 8 heteroatoms. The number of carbonyl (C=O) groups excluding carboxylic acids is 4. The highest BCUT2D eigenvalue weighted by Crippen LogP contribution is 2.24. The summed E-state index contributed by atoms with van der Waals surface area (Å²) in [5.74, 6) is -0.942. The molecule has 1 aromatic carbocycles. The average molecular weight is 381 g/mol. The Bertz CT molecular complexity index is 935. The number of likely N-dealkylation sites (tertiary alicyclic amines) is 1. The summed E-state index contributed by atoms with van der Waals surface area (Å²) in [5, 5.41) is 2.72. The molecule has 1 aromatic heterocycles. The molecule has 0 aliphatic carbocycles. The van der Waals surface area contributed by atoms with Crippen LogP contribution in [0.1, 0.15) is 34.5 Å². The van der Waals surface area contributed by atoms with Crippen molar-refractivity contribution in [3.63, 3.8) is 0 Å². The van der Waals surface area contributed by atoms with Crippen LogP contribution >= 0.6 is 0 Å². The van der Waals surface area contributed by atoms with Gasteiger partial charge in [0.05, 0.1) is 6.26 Å². The van der Waals surface area contributed by atoms with Crippen LogP contribution in [-0.4, -0.2) is 46.5 Å². The quantitative estimate of drug-likeness (QED) is 0.811. The molecule has 1 N–H and O–H groups in total. The zero-order valence-corrected chi connectivity index (χ0v) is 15.1. The first-order valence-electron chi connectivity index (χ1n) is 9.09. The first-order valence-corrected chi connectivity index (χ1v) is 9.09. The first kappa shape index (κ1) is 18.0. The van der Waals surface area contributed by atoms with Crippen LogP contribution in [0.4, 0.5) is 5.69 Å². The summed E-state index contributed by atoms with van der Waals surface area (Å²) in [7, 11) is 0. The van der Waals surface area contributed by atoms with Crippen LogP contribution < -0.4 is 5.32 Å². The molecular weight excluding hydrogens is 362 g/mol. The highest BCUT2D eigenvalue weighted by atomic mass is 16.3. The Kier molecular flexibility index (Phi) is 4.68. The number of anilines is 1. The van der Waals surface area contributed by atoms with Crippen molar-refractivity contribution in [1.82, 2.24) is 9.80 Å². The van der Waals surface area contributed by atoms with Crippen LogP contribution in [0, 0.1) is 0 Å². The van der Waals surface area contributed by atoms with Gasteiger partial charge in [0.15, 0.2) is 5.76 Å². The SMILES string of the molecule is O=C(CN1C(=O)CCC1=O)Nc1ccc2c(c1)CN(C(=O)c1ccco1)CC2. The lowest BCUT2D eigenvalue weighted by Gasteiger charge is -2.28. The van der Waals surface area contributed by atoms with Crippen molar-refractivity contribution in [2.45, 2.75) is 25.8 Å². The van der Waals surface area contributed by atoms with Gasteiger partial charge in [0.1, 0.15) is 6.54 Å². The molecular formula is C20H19N3O5. The van der Waals surface area contributed by atoms with Gasteiger partial charge in [0.2, 0.25) is 17.7 Å². The Hall–Kier alpha value is -3.42. The van der Waals surface area contributed by atoms with E-state index in [4.69, 9.17) is 4.42 Å². The van der Waals surface area contributed by atoms with E-state index in [1.165, 1.54) is 6.26 Å². The Balaban J connectivity index is 1.43. The average Bonchev–Trinajstić information content (AvgIpc) is 3.33. The minimum absolute atomic E-state index is 0.157. The third-order valence-corrected chi connectivity index (χ3v) is 4.98. The maximum Gasteiger partial charge on any atom is 0.289 e. The second kappa shape index (κ2) is 7.30. The number of imide groups is 1. The summed E-state index contributed by atoms with van der Waals surface area (Å²) in [6.45, 7) is 0.733. The van der Waals surface area contributed by atoms with E-state index in [1.807, 2.05) is 12.1 Å². The van der Waals surface area contributed by atoms with E-state index in [-0.39, 0.29) is 37.1 Å². The van der Waals surface area contributed by atoms with Crippen LogP contribution in [0.15, 0.2) is 41.0 Å². The van der Waals surface area contributed by atoms with E-state index >= 15 is 0 Å². The van der Waals surface area contributed by atoms with E-state index in [0.717, 1.165) is 16.0 Å². The second-order valence-electron chi connectivity index (χ2n) is 6.86. The van der Waals surface area contributed by atoms with Crippen LogP contribution in [0.2, 0.25) is 0 Å². The third-order valence-electron chi connectivity index (χ3n) is 4.98. The monoisotopic (exact) mass is 381 g/mol. The number of fused-ring (bicyclic) bond motifs is 1. The molecule has 1 fully saturated rings. The van der Waals surface area contributed by atoms with Crippen LogP contribution in [-0.2, 0) is 27.3 Å². The minimum Gasteiger partial charge on any atom is -0.459 e. The van der Waals surface area contributed by atoms with E-state index in [2.05, 4.69) is 5.32 Å².